The van der Waals surface area contributed by atoms with Gasteiger partial charge < -0.3 is 9.72 Å². The van der Waals surface area contributed by atoms with Crippen molar-refractivity contribution in [2.75, 3.05) is 6.61 Å². The molecule has 0 saturated carbocycles. The third-order valence-electron chi connectivity index (χ3n) is 3.06. The van der Waals surface area contributed by atoms with Crippen molar-refractivity contribution in [1.29, 1.82) is 0 Å². The molecule has 2 atom stereocenters. The Kier molecular flexibility index (Phi) is 1.99. The molecule has 1 fully saturated rings. The fourth-order valence-electron chi connectivity index (χ4n) is 2.15. The van der Waals surface area contributed by atoms with E-state index >= 15 is 0 Å². The van der Waals surface area contributed by atoms with Crippen LogP contribution in [0.5, 0.6) is 0 Å². The minimum atomic E-state index is 0.150. The van der Waals surface area contributed by atoms with Crippen LogP contribution in [-0.4, -0.2) is 16.6 Å². The first-order valence-electron chi connectivity index (χ1n) is 5.41. The van der Waals surface area contributed by atoms with Gasteiger partial charge in [0.25, 0.3) is 0 Å². The number of nitrogens with zero attached hydrogens (tertiary/aromatic N) is 1. The molecule has 3 heteroatoms. The molecule has 15 heavy (non-hydrogen) atoms. The summed E-state index contributed by atoms with van der Waals surface area (Å²) in [5.41, 5.74) is 2.12. The summed E-state index contributed by atoms with van der Waals surface area (Å²) in [5, 5.41) is 0. The van der Waals surface area contributed by atoms with Crippen LogP contribution >= 0.6 is 0 Å². The van der Waals surface area contributed by atoms with E-state index < -0.39 is 0 Å². The van der Waals surface area contributed by atoms with Crippen LogP contribution < -0.4 is 0 Å². The van der Waals surface area contributed by atoms with Gasteiger partial charge in [0, 0.05) is 6.61 Å². The number of hydrogen-bond donors (Lipinski definition) is 1. The number of para-hydroxylation sites is 2. The molecule has 2 unspecified atom stereocenters. The van der Waals surface area contributed by atoms with Crippen LogP contribution in [0.2, 0.25) is 0 Å². The van der Waals surface area contributed by atoms with Crippen molar-refractivity contribution in [2.45, 2.75) is 19.4 Å². The lowest BCUT2D eigenvalue weighted by atomic mass is 10.0. The zero-order valence-corrected chi connectivity index (χ0v) is 8.73. The fourth-order valence-corrected chi connectivity index (χ4v) is 2.15. The predicted molar refractivity (Wildman–Crippen MR) is 58.6 cm³/mol. The van der Waals surface area contributed by atoms with Crippen LogP contribution in [0.1, 0.15) is 25.3 Å². The van der Waals surface area contributed by atoms with Crippen LogP contribution in [0.4, 0.5) is 0 Å². The Hall–Kier alpha value is -1.35. The van der Waals surface area contributed by atoms with Crippen molar-refractivity contribution in [3.05, 3.63) is 30.1 Å². The molecule has 3 nitrogen and oxygen atoms in total. The molecule has 1 N–H and O–H groups in total. The molecule has 2 heterocycles. The molecule has 0 aliphatic carbocycles. The van der Waals surface area contributed by atoms with Crippen molar-refractivity contribution in [3.8, 4) is 0 Å². The second-order valence-electron chi connectivity index (χ2n) is 4.20. The quantitative estimate of drug-likeness (QED) is 0.772. The van der Waals surface area contributed by atoms with Crippen molar-refractivity contribution >= 4 is 11.0 Å². The van der Waals surface area contributed by atoms with Gasteiger partial charge in [0.2, 0.25) is 0 Å². The summed E-state index contributed by atoms with van der Waals surface area (Å²) in [6.07, 6.45) is 1.28. The molecule has 0 spiro atoms. The second kappa shape index (κ2) is 3.35. The summed E-state index contributed by atoms with van der Waals surface area (Å²) in [6, 6.07) is 8.09. The van der Waals surface area contributed by atoms with Gasteiger partial charge in [0.15, 0.2) is 0 Å². The normalized spacial score (nSPS) is 26.2. The van der Waals surface area contributed by atoms with Crippen molar-refractivity contribution in [1.82, 2.24) is 9.97 Å². The standard InChI is InChI=1S/C12H14N2O/c1-8-6-7-15-11(8)12-13-9-4-2-3-5-10(9)14-12/h2-5,8,11H,6-7H2,1H3,(H,13,14). The Morgan fingerprint density at radius 2 is 2.27 bits per heavy atom. The van der Waals surface area contributed by atoms with Gasteiger partial charge in [-0.1, -0.05) is 19.1 Å². The molecule has 2 aromatic rings. The van der Waals surface area contributed by atoms with Crippen LogP contribution in [0.3, 0.4) is 0 Å². The van der Waals surface area contributed by atoms with Gasteiger partial charge in [-0.25, -0.2) is 4.98 Å². The molecule has 3 rings (SSSR count). The Morgan fingerprint density at radius 3 is 3.00 bits per heavy atom. The van der Waals surface area contributed by atoms with Crippen LogP contribution in [-0.2, 0) is 4.74 Å². The van der Waals surface area contributed by atoms with Crippen LogP contribution in [0, 0.1) is 5.92 Å². The largest absolute Gasteiger partial charge is 0.370 e. The molecule has 78 valence electrons. The molecule has 0 radical (unpaired) electrons. The number of hydrogen-bond acceptors (Lipinski definition) is 2. The van der Waals surface area contributed by atoms with E-state index in [2.05, 4.69) is 16.9 Å². The Labute approximate surface area is 88.5 Å². The smallest absolute Gasteiger partial charge is 0.136 e. The first-order chi connectivity index (χ1) is 7.34. The third-order valence-corrected chi connectivity index (χ3v) is 3.06. The highest BCUT2D eigenvalue weighted by Crippen LogP contribution is 2.33. The Balaban J connectivity index is 2.04. The maximum atomic E-state index is 5.69. The predicted octanol–water partition coefficient (Wildman–Crippen LogP) is 2.66. The number of H-pyrrole nitrogens is 1. The minimum absolute atomic E-state index is 0.150. The van der Waals surface area contributed by atoms with E-state index in [0.717, 1.165) is 29.9 Å². The van der Waals surface area contributed by atoms with E-state index in [1.807, 2.05) is 24.3 Å². The van der Waals surface area contributed by atoms with E-state index in [1.165, 1.54) is 0 Å². The topological polar surface area (TPSA) is 37.9 Å². The average Bonchev–Trinajstić information content (AvgIpc) is 2.82. The highest BCUT2D eigenvalue weighted by Gasteiger charge is 2.28. The van der Waals surface area contributed by atoms with Crippen molar-refractivity contribution in [2.24, 2.45) is 5.92 Å². The molecule has 0 amide bonds. The van der Waals surface area contributed by atoms with Gasteiger partial charge in [0.05, 0.1) is 11.0 Å². The minimum Gasteiger partial charge on any atom is -0.370 e. The number of aromatic amines is 1. The highest BCUT2D eigenvalue weighted by atomic mass is 16.5. The summed E-state index contributed by atoms with van der Waals surface area (Å²) in [7, 11) is 0. The summed E-state index contributed by atoms with van der Waals surface area (Å²) < 4.78 is 5.69. The first-order valence-corrected chi connectivity index (χ1v) is 5.41. The van der Waals surface area contributed by atoms with Gasteiger partial charge in [-0.2, -0.15) is 0 Å². The van der Waals surface area contributed by atoms with Gasteiger partial charge in [-0.3, -0.25) is 0 Å². The maximum absolute atomic E-state index is 5.69. The lowest BCUT2D eigenvalue weighted by Crippen LogP contribution is -2.05. The van der Waals surface area contributed by atoms with E-state index in [-0.39, 0.29) is 6.10 Å². The SMILES string of the molecule is CC1CCOC1c1nc2ccccc2[nH]1. The lowest BCUT2D eigenvalue weighted by Gasteiger charge is -2.10. The zero-order valence-electron chi connectivity index (χ0n) is 8.73. The molecule has 1 aliphatic rings. The second-order valence-corrected chi connectivity index (χ2v) is 4.20. The van der Waals surface area contributed by atoms with Gasteiger partial charge in [-0.15, -0.1) is 0 Å². The molecule has 1 aromatic heterocycles. The molecule has 1 saturated heterocycles. The maximum Gasteiger partial charge on any atom is 0.136 e. The van der Waals surface area contributed by atoms with E-state index in [0.29, 0.717) is 5.92 Å². The number of nitrogens with one attached hydrogen (secondary N) is 1. The summed E-state index contributed by atoms with van der Waals surface area (Å²) in [6.45, 7) is 3.06. The number of fused-ring (bicyclic) bond motifs is 1. The monoisotopic (exact) mass is 202 g/mol. The van der Waals surface area contributed by atoms with E-state index in [1.54, 1.807) is 0 Å². The van der Waals surface area contributed by atoms with Crippen molar-refractivity contribution < 1.29 is 4.74 Å². The lowest BCUT2D eigenvalue weighted by molar-refractivity contribution is 0.0883. The first kappa shape index (κ1) is 8.92. The van der Waals surface area contributed by atoms with Crippen molar-refractivity contribution in [3.63, 3.8) is 0 Å². The number of rotatable bonds is 1. The van der Waals surface area contributed by atoms with E-state index in [4.69, 9.17) is 4.74 Å². The number of benzene rings is 1. The number of imidazole rings is 1. The molecule has 1 aromatic carbocycles. The molecular weight excluding hydrogens is 188 g/mol. The van der Waals surface area contributed by atoms with Gasteiger partial charge in [0.1, 0.15) is 11.9 Å². The van der Waals surface area contributed by atoms with Crippen LogP contribution in [0.15, 0.2) is 24.3 Å². The van der Waals surface area contributed by atoms with E-state index in [9.17, 15) is 0 Å². The fraction of sp³-hybridized carbons (Fsp3) is 0.417. The third kappa shape index (κ3) is 1.43. The number of ether oxygens (including phenoxy) is 1. The summed E-state index contributed by atoms with van der Waals surface area (Å²) in [4.78, 5) is 7.90. The van der Waals surface area contributed by atoms with Gasteiger partial charge >= 0.3 is 0 Å². The average molecular weight is 202 g/mol. The Morgan fingerprint density at radius 1 is 1.40 bits per heavy atom. The highest BCUT2D eigenvalue weighted by molar-refractivity contribution is 5.74. The van der Waals surface area contributed by atoms with Gasteiger partial charge in [-0.05, 0) is 24.5 Å². The number of aromatic nitrogens is 2. The summed E-state index contributed by atoms with van der Waals surface area (Å²) >= 11 is 0. The zero-order chi connectivity index (χ0) is 10.3. The molecule has 1 aliphatic heterocycles. The molecular formula is C12H14N2O. The Bertz CT molecular complexity index is 444. The van der Waals surface area contributed by atoms with Crippen LogP contribution in [0.25, 0.3) is 11.0 Å². The molecule has 0 bridgehead atoms. The summed E-state index contributed by atoms with van der Waals surface area (Å²) in [5.74, 6) is 1.53.